The second kappa shape index (κ2) is 8.54. The standard InChI is InChI=1S/C19H20N4O5S2/c1-27-15-8-6-13(7-9-15)18-21-22-19(28-18)20-17(24)14-4-2-10-23(12-14)30(25,26)16-5-3-11-29-16/h3,5-9,11,14H,2,4,10,12H2,1H3,(H,20,22,24). The number of aromatic nitrogens is 2. The van der Waals surface area contributed by atoms with Gasteiger partial charge in [-0.2, -0.15) is 4.31 Å². The van der Waals surface area contributed by atoms with Crippen molar-refractivity contribution in [1.82, 2.24) is 14.5 Å². The molecule has 4 rings (SSSR count). The monoisotopic (exact) mass is 448 g/mol. The van der Waals surface area contributed by atoms with Crippen LogP contribution in [-0.4, -0.2) is 49.0 Å². The molecule has 11 heteroatoms. The number of benzene rings is 1. The number of methoxy groups -OCH3 is 1. The van der Waals surface area contributed by atoms with E-state index in [0.29, 0.717) is 30.7 Å². The van der Waals surface area contributed by atoms with Gasteiger partial charge in [-0.1, -0.05) is 11.2 Å². The predicted octanol–water partition coefficient (Wildman–Crippen LogP) is 2.85. The summed E-state index contributed by atoms with van der Waals surface area (Å²) in [5, 5.41) is 12.1. The molecule has 1 aliphatic heterocycles. The van der Waals surface area contributed by atoms with Crippen LogP contribution in [0.4, 0.5) is 6.01 Å². The largest absolute Gasteiger partial charge is 0.497 e. The topological polar surface area (TPSA) is 115 Å². The molecule has 3 heterocycles. The van der Waals surface area contributed by atoms with E-state index in [1.807, 2.05) is 0 Å². The van der Waals surface area contributed by atoms with Crippen molar-refractivity contribution >= 4 is 33.3 Å². The number of sulfonamides is 1. The number of hydrogen-bond donors (Lipinski definition) is 1. The first-order valence-electron chi connectivity index (χ1n) is 9.30. The first-order chi connectivity index (χ1) is 14.5. The first kappa shape index (κ1) is 20.5. The van der Waals surface area contributed by atoms with E-state index >= 15 is 0 Å². The molecule has 2 aromatic heterocycles. The first-order valence-corrected chi connectivity index (χ1v) is 11.6. The number of hydrogen-bond acceptors (Lipinski definition) is 8. The number of ether oxygens (including phenoxy) is 1. The average Bonchev–Trinajstić information content (AvgIpc) is 3.47. The summed E-state index contributed by atoms with van der Waals surface area (Å²) in [5.74, 6) is 0.125. The average molecular weight is 449 g/mol. The Morgan fingerprint density at radius 3 is 2.77 bits per heavy atom. The molecule has 1 atom stereocenters. The number of carbonyl (C=O) groups excluding carboxylic acids is 1. The molecule has 1 aromatic carbocycles. The van der Waals surface area contributed by atoms with E-state index in [4.69, 9.17) is 9.15 Å². The van der Waals surface area contributed by atoms with E-state index < -0.39 is 15.9 Å². The molecule has 1 N–H and O–H groups in total. The van der Waals surface area contributed by atoms with Gasteiger partial charge in [0.25, 0.3) is 10.0 Å². The van der Waals surface area contributed by atoms with E-state index in [9.17, 15) is 13.2 Å². The number of anilines is 1. The maximum atomic E-state index is 12.7. The summed E-state index contributed by atoms with van der Waals surface area (Å²) in [6, 6.07) is 10.3. The Balaban J connectivity index is 1.42. The fourth-order valence-electron chi connectivity index (χ4n) is 3.24. The zero-order valence-electron chi connectivity index (χ0n) is 16.1. The van der Waals surface area contributed by atoms with Crippen LogP contribution in [0.25, 0.3) is 11.5 Å². The quantitative estimate of drug-likeness (QED) is 0.617. The van der Waals surface area contributed by atoms with Gasteiger partial charge in [0.15, 0.2) is 0 Å². The molecule has 1 saturated heterocycles. The van der Waals surface area contributed by atoms with Crippen LogP contribution in [0.15, 0.2) is 50.4 Å². The number of thiophene rings is 1. The minimum absolute atomic E-state index is 0.0240. The summed E-state index contributed by atoms with van der Waals surface area (Å²) >= 11 is 1.17. The lowest BCUT2D eigenvalue weighted by Gasteiger charge is -2.30. The van der Waals surface area contributed by atoms with Crippen LogP contribution in [0.2, 0.25) is 0 Å². The van der Waals surface area contributed by atoms with Crippen molar-refractivity contribution < 1.29 is 22.4 Å². The van der Waals surface area contributed by atoms with Gasteiger partial charge in [0.2, 0.25) is 11.8 Å². The van der Waals surface area contributed by atoms with Gasteiger partial charge in [-0.05, 0) is 48.6 Å². The number of piperidine rings is 1. The fourth-order valence-corrected chi connectivity index (χ4v) is 5.91. The van der Waals surface area contributed by atoms with Gasteiger partial charge < -0.3 is 9.15 Å². The normalized spacial score (nSPS) is 17.6. The number of carbonyl (C=O) groups is 1. The van der Waals surface area contributed by atoms with E-state index in [1.54, 1.807) is 48.9 Å². The summed E-state index contributed by atoms with van der Waals surface area (Å²) in [5.41, 5.74) is 0.690. The summed E-state index contributed by atoms with van der Waals surface area (Å²) in [4.78, 5) is 12.7. The SMILES string of the molecule is COc1ccc(-c2nnc(NC(=O)C3CCCN(S(=O)(=O)c4cccs4)C3)o2)cc1. The highest BCUT2D eigenvalue weighted by molar-refractivity contribution is 7.91. The Labute approximate surface area is 177 Å². The van der Waals surface area contributed by atoms with Gasteiger partial charge in [-0.3, -0.25) is 10.1 Å². The van der Waals surface area contributed by atoms with Crippen LogP contribution >= 0.6 is 11.3 Å². The second-order valence-corrected chi connectivity index (χ2v) is 9.88. The van der Waals surface area contributed by atoms with Crippen molar-refractivity contribution in [2.75, 3.05) is 25.5 Å². The Morgan fingerprint density at radius 1 is 1.27 bits per heavy atom. The Bertz CT molecular complexity index is 1110. The Kier molecular flexibility index (Phi) is 5.84. The van der Waals surface area contributed by atoms with Crippen molar-refractivity contribution in [3.05, 3.63) is 41.8 Å². The van der Waals surface area contributed by atoms with Crippen LogP contribution in [0.1, 0.15) is 12.8 Å². The third kappa shape index (κ3) is 4.23. The summed E-state index contributed by atoms with van der Waals surface area (Å²) < 4.78 is 37.8. The molecule has 1 unspecified atom stereocenters. The van der Waals surface area contributed by atoms with Crippen molar-refractivity contribution in [3.8, 4) is 17.2 Å². The number of amides is 1. The lowest BCUT2D eigenvalue weighted by molar-refractivity contribution is -0.121. The summed E-state index contributed by atoms with van der Waals surface area (Å²) in [6.07, 6.45) is 1.19. The molecular formula is C19H20N4O5S2. The molecule has 0 bridgehead atoms. The molecule has 0 aliphatic carbocycles. The number of rotatable bonds is 6. The van der Waals surface area contributed by atoms with Gasteiger partial charge in [0.05, 0.1) is 13.0 Å². The molecule has 3 aromatic rings. The van der Waals surface area contributed by atoms with Crippen molar-refractivity contribution in [2.45, 2.75) is 17.1 Å². The molecule has 1 aliphatic rings. The molecule has 1 amide bonds. The van der Waals surface area contributed by atoms with Crippen LogP contribution in [0.3, 0.4) is 0 Å². The zero-order chi connectivity index (χ0) is 21.1. The third-order valence-electron chi connectivity index (χ3n) is 4.84. The van der Waals surface area contributed by atoms with Crippen LogP contribution in [0.5, 0.6) is 5.75 Å². The van der Waals surface area contributed by atoms with Crippen LogP contribution in [-0.2, 0) is 14.8 Å². The van der Waals surface area contributed by atoms with Crippen molar-refractivity contribution in [2.24, 2.45) is 5.92 Å². The van der Waals surface area contributed by atoms with Gasteiger partial charge in [-0.25, -0.2) is 8.42 Å². The lowest BCUT2D eigenvalue weighted by Crippen LogP contribution is -2.43. The highest BCUT2D eigenvalue weighted by atomic mass is 32.2. The molecule has 0 radical (unpaired) electrons. The van der Waals surface area contributed by atoms with E-state index in [1.165, 1.54) is 15.6 Å². The predicted molar refractivity (Wildman–Crippen MR) is 111 cm³/mol. The molecular weight excluding hydrogens is 428 g/mol. The van der Waals surface area contributed by atoms with E-state index in [0.717, 1.165) is 0 Å². The Hall–Kier alpha value is -2.76. The smallest absolute Gasteiger partial charge is 0.322 e. The van der Waals surface area contributed by atoms with E-state index in [-0.39, 0.29) is 28.6 Å². The maximum absolute atomic E-state index is 12.7. The van der Waals surface area contributed by atoms with Crippen LogP contribution < -0.4 is 10.1 Å². The third-order valence-corrected chi connectivity index (χ3v) is 8.07. The van der Waals surface area contributed by atoms with Crippen LogP contribution in [0, 0.1) is 5.92 Å². The molecule has 9 nitrogen and oxygen atoms in total. The van der Waals surface area contributed by atoms with Gasteiger partial charge in [-0.15, -0.1) is 16.4 Å². The minimum Gasteiger partial charge on any atom is -0.497 e. The highest BCUT2D eigenvalue weighted by Crippen LogP contribution is 2.27. The van der Waals surface area contributed by atoms with Gasteiger partial charge >= 0.3 is 6.01 Å². The minimum atomic E-state index is -3.59. The maximum Gasteiger partial charge on any atom is 0.322 e. The summed E-state index contributed by atoms with van der Waals surface area (Å²) in [7, 11) is -2.01. The second-order valence-electron chi connectivity index (χ2n) is 6.76. The number of nitrogens with one attached hydrogen (secondary N) is 1. The van der Waals surface area contributed by atoms with Gasteiger partial charge in [0.1, 0.15) is 9.96 Å². The molecule has 158 valence electrons. The molecule has 30 heavy (non-hydrogen) atoms. The highest BCUT2D eigenvalue weighted by Gasteiger charge is 2.34. The number of nitrogens with zero attached hydrogens (tertiary/aromatic N) is 3. The molecule has 0 spiro atoms. The van der Waals surface area contributed by atoms with E-state index in [2.05, 4.69) is 15.5 Å². The van der Waals surface area contributed by atoms with Gasteiger partial charge in [0, 0.05) is 18.7 Å². The lowest BCUT2D eigenvalue weighted by atomic mass is 9.99. The fraction of sp³-hybridized carbons (Fsp3) is 0.316. The molecule has 0 saturated carbocycles. The van der Waals surface area contributed by atoms with Crippen molar-refractivity contribution in [3.63, 3.8) is 0 Å². The zero-order valence-corrected chi connectivity index (χ0v) is 17.8. The summed E-state index contributed by atoms with van der Waals surface area (Å²) in [6.45, 7) is 0.512. The Morgan fingerprint density at radius 2 is 2.07 bits per heavy atom. The van der Waals surface area contributed by atoms with Crippen molar-refractivity contribution in [1.29, 1.82) is 0 Å². The molecule has 1 fully saturated rings.